The number of piperidine rings is 1. The van der Waals surface area contributed by atoms with Gasteiger partial charge in [0.2, 0.25) is 0 Å². The molecule has 2 heterocycles. The maximum Gasteiger partial charge on any atom is 0.422 e. The minimum Gasteiger partial charge on any atom is -0.440 e. The second-order valence-corrected chi connectivity index (χ2v) is 5.69. The standard InChI is InChI=1S/C13H21F3N2O3.ClH/c14-13(15,16)8-21-12(19)18-4-1-9(2-5-18)11-7-10(17)3-6-20-11;/h9-11H,1-8,17H2;1H. The van der Waals surface area contributed by atoms with Gasteiger partial charge in [0.15, 0.2) is 6.61 Å². The summed E-state index contributed by atoms with van der Waals surface area (Å²) in [7, 11) is 0. The van der Waals surface area contributed by atoms with Crippen molar-refractivity contribution in [2.24, 2.45) is 11.7 Å². The first-order valence-corrected chi connectivity index (χ1v) is 7.21. The van der Waals surface area contributed by atoms with E-state index >= 15 is 0 Å². The summed E-state index contributed by atoms with van der Waals surface area (Å²) in [5.74, 6) is 0.308. The summed E-state index contributed by atoms with van der Waals surface area (Å²) in [6.45, 7) is -0.0844. The Bertz CT molecular complexity index is 363. The van der Waals surface area contributed by atoms with E-state index in [0.717, 1.165) is 12.8 Å². The van der Waals surface area contributed by atoms with Gasteiger partial charge in [-0.25, -0.2) is 4.79 Å². The lowest BCUT2D eigenvalue weighted by Gasteiger charge is -2.38. The highest BCUT2D eigenvalue weighted by Gasteiger charge is 2.34. The minimum absolute atomic E-state index is 0. The molecule has 2 saturated heterocycles. The Balaban J connectivity index is 0.00000242. The van der Waals surface area contributed by atoms with Crippen molar-refractivity contribution in [1.82, 2.24) is 4.90 Å². The molecular formula is C13H22ClF3N2O3. The highest BCUT2D eigenvalue weighted by Crippen LogP contribution is 2.28. The minimum atomic E-state index is -4.49. The molecule has 2 aliphatic heterocycles. The van der Waals surface area contributed by atoms with Crippen LogP contribution in [0.3, 0.4) is 0 Å². The molecule has 2 unspecified atom stereocenters. The molecule has 0 spiro atoms. The summed E-state index contributed by atoms with van der Waals surface area (Å²) >= 11 is 0. The largest absolute Gasteiger partial charge is 0.440 e. The van der Waals surface area contributed by atoms with E-state index < -0.39 is 18.9 Å². The van der Waals surface area contributed by atoms with E-state index in [1.807, 2.05) is 0 Å². The fourth-order valence-corrected chi connectivity index (χ4v) is 2.87. The van der Waals surface area contributed by atoms with E-state index in [9.17, 15) is 18.0 Å². The lowest BCUT2D eigenvalue weighted by Crippen LogP contribution is -2.45. The van der Waals surface area contributed by atoms with Gasteiger partial charge in [-0.3, -0.25) is 0 Å². The molecule has 1 amide bonds. The third kappa shape index (κ3) is 5.81. The van der Waals surface area contributed by atoms with Crippen LogP contribution in [0.4, 0.5) is 18.0 Å². The molecule has 130 valence electrons. The van der Waals surface area contributed by atoms with Crippen molar-refractivity contribution in [2.45, 2.75) is 44.0 Å². The van der Waals surface area contributed by atoms with Crippen LogP contribution in [0.1, 0.15) is 25.7 Å². The van der Waals surface area contributed by atoms with E-state index in [-0.39, 0.29) is 24.6 Å². The van der Waals surface area contributed by atoms with Crippen LogP contribution in [-0.2, 0) is 9.47 Å². The molecule has 22 heavy (non-hydrogen) atoms. The van der Waals surface area contributed by atoms with Crippen molar-refractivity contribution in [1.29, 1.82) is 0 Å². The molecule has 0 radical (unpaired) electrons. The predicted octanol–water partition coefficient (Wildman–Crippen LogP) is 2.33. The molecule has 2 rings (SSSR count). The average Bonchev–Trinajstić information content (AvgIpc) is 2.44. The first-order valence-electron chi connectivity index (χ1n) is 7.21. The predicted molar refractivity (Wildman–Crippen MR) is 75.9 cm³/mol. The second-order valence-electron chi connectivity index (χ2n) is 5.69. The SMILES string of the molecule is Cl.NC1CCOC(C2CCN(C(=O)OCC(F)(F)F)CC2)C1. The van der Waals surface area contributed by atoms with Crippen molar-refractivity contribution in [3.63, 3.8) is 0 Å². The number of carbonyl (C=O) groups is 1. The number of halogens is 4. The number of likely N-dealkylation sites (tertiary alicyclic amines) is 1. The number of rotatable bonds is 2. The van der Waals surface area contributed by atoms with Crippen molar-refractivity contribution in [3.8, 4) is 0 Å². The molecule has 0 aromatic heterocycles. The van der Waals surface area contributed by atoms with E-state index in [2.05, 4.69) is 4.74 Å². The van der Waals surface area contributed by atoms with Crippen LogP contribution < -0.4 is 5.73 Å². The molecular weight excluding hydrogens is 325 g/mol. The molecule has 9 heteroatoms. The maximum absolute atomic E-state index is 12.0. The van der Waals surface area contributed by atoms with Gasteiger partial charge in [-0.15, -0.1) is 12.4 Å². The van der Waals surface area contributed by atoms with Gasteiger partial charge in [-0.05, 0) is 31.6 Å². The quantitative estimate of drug-likeness (QED) is 0.833. The molecule has 5 nitrogen and oxygen atoms in total. The molecule has 0 aromatic rings. The number of nitrogens with zero attached hydrogens (tertiary/aromatic N) is 1. The van der Waals surface area contributed by atoms with Crippen molar-refractivity contribution < 1.29 is 27.4 Å². The van der Waals surface area contributed by atoms with Crippen molar-refractivity contribution in [3.05, 3.63) is 0 Å². The van der Waals surface area contributed by atoms with Crippen LogP contribution in [0.15, 0.2) is 0 Å². The van der Waals surface area contributed by atoms with Gasteiger partial charge < -0.3 is 20.1 Å². The summed E-state index contributed by atoms with van der Waals surface area (Å²) in [5.41, 5.74) is 5.92. The van der Waals surface area contributed by atoms with Crippen LogP contribution in [0.5, 0.6) is 0 Å². The Kier molecular flexibility index (Phi) is 7.21. The van der Waals surface area contributed by atoms with Gasteiger partial charge in [-0.1, -0.05) is 0 Å². The van der Waals surface area contributed by atoms with Gasteiger partial charge in [0.1, 0.15) is 0 Å². The molecule has 2 fully saturated rings. The van der Waals surface area contributed by atoms with Crippen LogP contribution in [0.25, 0.3) is 0 Å². The van der Waals surface area contributed by atoms with Crippen LogP contribution >= 0.6 is 12.4 Å². The zero-order chi connectivity index (χ0) is 15.5. The number of hydrogen-bond acceptors (Lipinski definition) is 4. The fourth-order valence-electron chi connectivity index (χ4n) is 2.87. The third-order valence-corrected chi connectivity index (χ3v) is 4.04. The Morgan fingerprint density at radius 2 is 1.91 bits per heavy atom. The topological polar surface area (TPSA) is 64.8 Å². The van der Waals surface area contributed by atoms with E-state index in [1.54, 1.807) is 0 Å². The molecule has 0 aliphatic carbocycles. The lowest BCUT2D eigenvalue weighted by molar-refractivity contribution is -0.162. The normalized spacial score (nSPS) is 27.2. The first-order chi connectivity index (χ1) is 9.85. The number of ether oxygens (including phenoxy) is 2. The number of amides is 1. The van der Waals surface area contributed by atoms with Gasteiger partial charge in [0.25, 0.3) is 0 Å². The van der Waals surface area contributed by atoms with Crippen molar-refractivity contribution in [2.75, 3.05) is 26.3 Å². The summed E-state index contributed by atoms with van der Waals surface area (Å²) in [5, 5.41) is 0. The van der Waals surface area contributed by atoms with Crippen LogP contribution in [-0.4, -0.2) is 55.6 Å². The van der Waals surface area contributed by atoms with Crippen LogP contribution in [0, 0.1) is 5.92 Å². The lowest BCUT2D eigenvalue weighted by atomic mass is 9.86. The molecule has 2 aliphatic rings. The molecule has 2 atom stereocenters. The monoisotopic (exact) mass is 346 g/mol. The molecule has 2 N–H and O–H groups in total. The highest BCUT2D eigenvalue weighted by molar-refractivity contribution is 5.85. The van der Waals surface area contributed by atoms with Gasteiger partial charge in [0.05, 0.1) is 6.10 Å². The van der Waals surface area contributed by atoms with Crippen LogP contribution in [0.2, 0.25) is 0 Å². The summed E-state index contributed by atoms with van der Waals surface area (Å²) in [4.78, 5) is 12.9. The Morgan fingerprint density at radius 1 is 1.27 bits per heavy atom. The van der Waals surface area contributed by atoms with E-state index in [4.69, 9.17) is 10.5 Å². The summed E-state index contributed by atoms with van der Waals surface area (Å²) in [6.07, 6.45) is -2.20. The Morgan fingerprint density at radius 3 is 2.45 bits per heavy atom. The Labute approximate surface area is 133 Å². The average molecular weight is 347 g/mol. The summed E-state index contributed by atoms with van der Waals surface area (Å²) < 4.78 is 46.0. The molecule has 0 saturated carbocycles. The maximum atomic E-state index is 12.0. The van der Waals surface area contributed by atoms with Gasteiger partial charge in [0, 0.05) is 25.7 Å². The van der Waals surface area contributed by atoms with E-state index in [1.165, 1.54) is 4.90 Å². The Hall–Kier alpha value is -0.730. The number of carbonyl (C=O) groups excluding carboxylic acids is 1. The second kappa shape index (κ2) is 8.21. The highest BCUT2D eigenvalue weighted by atomic mass is 35.5. The van der Waals surface area contributed by atoms with Gasteiger partial charge >= 0.3 is 12.3 Å². The number of nitrogens with two attached hydrogens (primary N) is 1. The van der Waals surface area contributed by atoms with E-state index in [0.29, 0.717) is 38.5 Å². The fraction of sp³-hybridized carbons (Fsp3) is 0.923. The van der Waals surface area contributed by atoms with Gasteiger partial charge in [-0.2, -0.15) is 13.2 Å². The zero-order valence-electron chi connectivity index (χ0n) is 12.2. The zero-order valence-corrected chi connectivity index (χ0v) is 13.0. The first kappa shape index (κ1) is 19.3. The molecule has 0 bridgehead atoms. The smallest absolute Gasteiger partial charge is 0.422 e. The third-order valence-electron chi connectivity index (χ3n) is 4.04. The summed E-state index contributed by atoms with van der Waals surface area (Å²) in [6, 6.07) is 0.151. The number of hydrogen-bond donors (Lipinski definition) is 1. The molecule has 0 aromatic carbocycles. The van der Waals surface area contributed by atoms with Crippen molar-refractivity contribution >= 4 is 18.5 Å². The number of alkyl halides is 3.